The Kier molecular flexibility index (Phi) is 5.29. The number of halogens is 1. The Morgan fingerprint density at radius 3 is 2.42 bits per heavy atom. The van der Waals surface area contributed by atoms with Gasteiger partial charge in [-0.1, -0.05) is 26.2 Å². The van der Waals surface area contributed by atoms with Crippen molar-refractivity contribution in [2.24, 2.45) is 5.92 Å². The third kappa shape index (κ3) is 3.65. The summed E-state index contributed by atoms with van der Waals surface area (Å²) < 4.78 is 15.6. The fourth-order valence-electron chi connectivity index (χ4n) is 4.62. The van der Waals surface area contributed by atoms with Crippen LogP contribution in [0.25, 0.3) is 0 Å². The van der Waals surface area contributed by atoms with Gasteiger partial charge in [-0.2, -0.15) is 0 Å². The van der Waals surface area contributed by atoms with Gasteiger partial charge in [0, 0.05) is 5.56 Å². The number of hydrogen-bond donors (Lipinski definition) is 1. The lowest BCUT2D eigenvalue weighted by Gasteiger charge is -2.34. The summed E-state index contributed by atoms with van der Waals surface area (Å²) in [7, 11) is 0. The van der Waals surface area contributed by atoms with Gasteiger partial charge in [0.25, 0.3) is 0 Å². The fourth-order valence-corrected chi connectivity index (χ4v) is 4.62. The molecule has 1 N–H and O–H groups in total. The topological polar surface area (TPSA) is 48.0 Å². The van der Waals surface area contributed by atoms with Gasteiger partial charge < -0.3 is 4.90 Å². The van der Waals surface area contributed by atoms with E-state index < -0.39 is 0 Å². The van der Waals surface area contributed by atoms with E-state index in [2.05, 4.69) is 27.1 Å². The molecular formula is C20H29FN5+. The quantitative estimate of drug-likeness (QED) is 0.914. The molecule has 0 spiro atoms. The molecule has 0 unspecified atom stereocenters. The lowest BCUT2D eigenvalue weighted by molar-refractivity contribution is -0.932. The van der Waals surface area contributed by atoms with E-state index >= 15 is 0 Å². The summed E-state index contributed by atoms with van der Waals surface area (Å²) in [5.74, 6) is 1.54. The second-order valence-electron chi connectivity index (χ2n) is 8.10. The minimum atomic E-state index is -0.193. The highest BCUT2D eigenvalue weighted by molar-refractivity contribution is 5.23. The molecule has 1 aromatic carbocycles. The van der Waals surface area contributed by atoms with E-state index in [1.165, 1.54) is 37.0 Å². The fraction of sp³-hybridized carbons (Fsp3) is 0.650. The zero-order chi connectivity index (χ0) is 17.9. The molecule has 2 aromatic rings. The minimum Gasteiger partial charge on any atom is -0.322 e. The summed E-state index contributed by atoms with van der Waals surface area (Å²) in [6, 6.07) is 7.42. The third-order valence-corrected chi connectivity index (χ3v) is 6.23. The van der Waals surface area contributed by atoms with Gasteiger partial charge in [0.05, 0.1) is 19.1 Å². The highest BCUT2D eigenvalue weighted by Gasteiger charge is 2.35. The Morgan fingerprint density at radius 2 is 1.73 bits per heavy atom. The Hall–Kier alpha value is -1.82. The lowest BCUT2D eigenvalue weighted by atomic mass is 9.93. The van der Waals surface area contributed by atoms with Crippen LogP contribution in [0.2, 0.25) is 0 Å². The summed E-state index contributed by atoms with van der Waals surface area (Å²) in [5, 5.41) is 12.9. The first-order valence-corrected chi connectivity index (χ1v) is 10.1. The number of likely N-dealkylation sites (tertiary alicyclic amines) is 1. The summed E-state index contributed by atoms with van der Waals surface area (Å²) >= 11 is 0. The molecule has 2 heterocycles. The SMILES string of the molecule is CC1CC[NH+]([C@@H](c2ccc(F)cc2)c2nnnn2C2CCCCC2)CC1. The van der Waals surface area contributed by atoms with Crippen molar-refractivity contribution in [3.8, 4) is 0 Å². The highest BCUT2D eigenvalue weighted by Crippen LogP contribution is 2.30. The Labute approximate surface area is 154 Å². The molecule has 1 aliphatic heterocycles. The first kappa shape index (κ1) is 17.6. The molecule has 1 aliphatic carbocycles. The van der Waals surface area contributed by atoms with Crippen molar-refractivity contribution in [3.05, 3.63) is 41.5 Å². The predicted octanol–water partition coefficient (Wildman–Crippen LogP) is 2.72. The van der Waals surface area contributed by atoms with Gasteiger partial charge >= 0.3 is 0 Å². The summed E-state index contributed by atoms with van der Waals surface area (Å²) in [4.78, 5) is 1.50. The summed E-state index contributed by atoms with van der Waals surface area (Å²) in [6.07, 6.45) is 8.56. The van der Waals surface area contributed by atoms with E-state index in [9.17, 15) is 4.39 Å². The average molecular weight is 358 g/mol. The monoisotopic (exact) mass is 358 g/mol. The van der Waals surface area contributed by atoms with Crippen molar-refractivity contribution in [2.45, 2.75) is 64.0 Å². The number of aromatic nitrogens is 4. The van der Waals surface area contributed by atoms with Gasteiger partial charge in [0.2, 0.25) is 5.82 Å². The normalized spacial score (nSPS) is 25.9. The molecule has 1 saturated heterocycles. The number of piperidine rings is 1. The van der Waals surface area contributed by atoms with E-state index in [1.807, 2.05) is 12.1 Å². The van der Waals surface area contributed by atoms with Crippen LogP contribution >= 0.6 is 0 Å². The Bertz CT molecular complexity index is 699. The molecule has 6 heteroatoms. The van der Waals surface area contributed by atoms with Crippen LogP contribution in [0.1, 0.15) is 75.3 Å². The number of benzene rings is 1. The first-order chi connectivity index (χ1) is 12.7. The number of nitrogens with zero attached hydrogens (tertiary/aromatic N) is 4. The number of quaternary nitrogens is 1. The molecule has 2 aliphatic rings. The maximum atomic E-state index is 13.5. The minimum absolute atomic E-state index is 0.0834. The number of rotatable bonds is 4. The van der Waals surface area contributed by atoms with Gasteiger partial charge in [-0.15, -0.1) is 5.10 Å². The molecule has 2 fully saturated rings. The van der Waals surface area contributed by atoms with E-state index in [4.69, 9.17) is 0 Å². The largest absolute Gasteiger partial charge is 0.322 e. The van der Waals surface area contributed by atoms with E-state index in [0.29, 0.717) is 6.04 Å². The zero-order valence-electron chi connectivity index (χ0n) is 15.6. The summed E-state index contributed by atoms with van der Waals surface area (Å²) in [5.41, 5.74) is 1.11. The van der Waals surface area contributed by atoms with Crippen LogP contribution in [0.5, 0.6) is 0 Å². The maximum Gasteiger partial charge on any atom is 0.214 e. The van der Waals surface area contributed by atoms with Crippen molar-refractivity contribution in [2.75, 3.05) is 13.1 Å². The molecule has 5 nitrogen and oxygen atoms in total. The number of hydrogen-bond acceptors (Lipinski definition) is 3. The number of tetrazole rings is 1. The standard InChI is InChI=1S/C20H28FN5/c1-15-11-13-25(14-12-15)19(16-7-9-17(21)10-8-16)20-22-23-24-26(20)18-5-3-2-4-6-18/h7-10,15,18-19H,2-6,11-14H2,1H3/p+1/t19-/m0/s1. The second kappa shape index (κ2) is 7.82. The van der Waals surface area contributed by atoms with E-state index in [-0.39, 0.29) is 11.9 Å². The van der Waals surface area contributed by atoms with Gasteiger partial charge in [-0.25, -0.2) is 9.07 Å². The second-order valence-corrected chi connectivity index (χ2v) is 8.10. The third-order valence-electron chi connectivity index (χ3n) is 6.23. The molecule has 1 saturated carbocycles. The molecule has 1 aromatic heterocycles. The van der Waals surface area contributed by atoms with Gasteiger partial charge in [-0.3, -0.25) is 0 Å². The van der Waals surface area contributed by atoms with Crippen LogP contribution in [-0.4, -0.2) is 33.3 Å². The number of nitrogens with one attached hydrogen (secondary N) is 1. The van der Waals surface area contributed by atoms with Gasteiger partial charge in [-0.05, 0) is 66.3 Å². The predicted molar refractivity (Wildman–Crippen MR) is 97.3 cm³/mol. The van der Waals surface area contributed by atoms with Crippen molar-refractivity contribution < 1.29 is 9.29 Å². The van der Waals surface area contributed by atoms with Gasteiger partial charge in [0.1, 0.15) is 5.82 Å². The molecule has 26 heavy (non-hydrogen) atoms. The van der Waals surface area contributed by atoms with Crippen LogP contribution in [0, 0.1) is 11.7 Å². The smallest absolute Gasteiger partial charge is 0.214 e. The molecule has 1 atom stereocenters. The maximum absolute atomic E-state index is 13.5. The van der Waals surface area contributed by atoms with Crippen molar-refractivity contribution >= 4 is 0 Å². The average Bonchev–Trinajstić information content (AvgIpc) is 3.15. The zero-order valence-corrected chi connectivity index (χ0v) is 15.6. The van der Waals surface area contributed by atoms with Gasteiger partial charge in [0.15, 0.2) is 6.04 Å². The first-order valence-electron chi connectivity index (χ1n) is 10.1. The molecule has 140 valence electrons. The molecule has 0 amide bonds. The van der Waals surface area contributed by atoms with Crippen LogP contribution in [0.3, 0.4) is 0 Å². The Morgan fingerprint density at radius 1 is 1.04 bits per heavy atom. The van der Waals surface area contributed by atoms with Crippen molar-refractivity contribution in [3.63, 3.8) is 0 Å². The van der Waals surface area contributed by atoms with Crippen LogP contribution in [-0.2, 0) is 0 Å². The molecular weight excluding hydrogens is 329 g/mol. The molecule has 0 radical (unpaired) electrons. The van der Waals surface area contributed by atoms with Crippen LogP contribution in [0.4, 0.5) is 4.39 Å². The van der Waals surface area contributed by atoms with Crippen molar-refractivity contribution in [1.29, 1.82) is 0 Å². The highest BCUT2D eigenvalue weighted by atomic mass is 19.1. The van der Waals surface area contributed by atoms with Crippen molar-refractivity contribution in [1.82, 2.24) is 20.2 Å². The molecule has 4 rings (SSSR count). The Balaban J connectivity index is 1.69. The van der Waals surface area contributed by atoms with E-state index in [0.717, 1.165) is 43.2 Å². The van der Waals surface area contributed by atoms with E-state index in [1.54, 1.807) is 12.1 Å². The van der Waals surface area contributed by atoms with Crippen LogP contribution in [0.15, 0.2) is 24.3 Å². The molecule has 0 bridgehead atoms. The lowest BCUT2D eigenvalue weighted by Crippen LogP contribution is -3.13. The van der Waals surface area contributed by atoms with Crippen LogP contribution < -0.4 is 4.90 Å². The summed E-state index contributed by atoms with van der Waals surface area (Å²) in [6.45, 7) is 4.55.